The number of nitrogens with two attached hydrogens (primary N) is 1. The van der Waals surface area contributed by atoms with E-state index in [0.29, 0.717) is 6.41 Å². The number of amides is 1. The average molecular weight is 155 g/mol. The predicted molar refractivity (Wildman–Crippen MR) is 41.7 cm³/mol. The van der Waals surface area contributed by atoms with E-state index in [1.807, 2.05) is 13.8 Å². The summed E-state index contributed by atoms with van der Waals surface area (Å²) in [6.45, 7) is 5.25. The molecule has 0 aliphatic heterocycles. The van der Waals surface area contributed by atoms with Gasteiger partial charge >= 0.3 is 0 Å². The smallest absolute Gasteiger partial charge is 0.207 e. The lowest BCUT2D eigenvalue weighted by molar-refractivity contribution is -0.109. The molecule has 0 aliphatic carbocycles. The lowest BCUT2D eigenvalue weighted by atomic mass is 10.8. The van der Waals surface area contributed by atoms with Gasteiger partial charge in [-0.25, -0.2) is 0 Å². The fourth-order valence-corrected chi connectivity index (χ4v) is 0.0833. The Kier molecular flexibility index (Phi) is 44.5. The maximum atomic E-state index is 9.29. The molecule has 1 amide bonds. The summed E-state index contributed by atoms with van der Waals surface area (Å²) in [7, 11) is 0. The van der Waals surface area contributed by atoms with Crippen LogP contribution in [0.1, 0.15) is 13.8 Å². The number of carbonyl (C=O) groups is 1. The molecule has 0 aromatic rings. The number of hydrogen-bond acceptors (Lipinski definition) is 2. The third-order valence-corrected chi connectivity index (χ3v) is 0.287. The minimum atomic E-state index is 0. The Labute approximate surface area is 62.4 Å². The zero-order chi connectivity index (χ0) is 6.83. The van der Waals surface area contributed by atoms with E-state index in [1.165, 1.54) is 0 Å². The largest absolute Gasteiger partial charge is 0.359 e. The molecule has 0 fully saturated rings. The first-order valence-corrected chi connectivity index (χ1v) is 2.70. The summed E-state index contributed by atoms with van der Waals surface area (Å²) in [5.41, 5.74) is 4.85. The SMILES string of the molecule is CCN.CCNC=O.Cl. The Balaban J connectivity index is -0.0000000800. The summed E-state index contributed by atoms with van der Waals surface area (Å²) in [4.78, 5) is 9.29. The van der Waals surface area contributed by atoms with Crippen LogP contribution in [-0.2, 0) is 4.79 Å². The number of hydrogen-bond donors (Lipinski definition) is 2. The van der Waals surface area contributed by atoms with Gasteiger partial charge in [0.2, 0.25) is 6.41 Å². The Hall–Kier alpha value is -0.280. The summed E-state index contributed by atoms with van der Waals surface area (Å²) >= 11 is 0. The third-order valence-electron chi connectivity index (χ3n) is 0.287. The minimum Gasteiger partial charge on any atom is -0.359 e. The zero-order valence-electron chi connectivity index (χ0n) is 5.89. The van der Waals surface area contributed by atoms with E-state index in [1.54, 1.807) is 0 Å². The van der Waals surface area contributed by atoms with Crippen molar-refractivity contribution in [1.82, 2.24) is 5.32 Å². The van der Waals surface area contributed by atoms with E-state index < -0.39 is 0 Å². The molecule has 3 N–H and O–H groups in total. The summed E-state index contributed by atoms with van der Waals surface area (Å²) in [6.07, 6.45) is 0.681. The monoisotopic (exact) mass is 154 g/mol. The molecule has 0 spiro atoms. The highest BCUT2D eigenvalue weighted by Gasteiger charge is 1.59. The Morgan fingerprint density at radius 3 is 1.89 bits per heavy atom. The number of carbonyl (C=O) groups excluding carboxylic acids is 1. The van der Waals surface area contributed by atoms with E-state index in [-0.39, 0.29) is 12.4 Å². The molecule has 0 aliphatic rings. The molecule has 0 heterocycles. The van der Waals surface area contributed by atoms with E-state index in [2.05, 4.69) is 5.32 Å². The summed E-state index contributed by atoms with van der Waals surface area (Å²) < 4.78 is 0. The quantitative estimate of drug-likeness (QED) is 0.556. The van der Waals surface area contributed by atoms with Crippen molar-refractivity contribution in [2.75, 3.05) is 13.1 Å². The first kappa shape index (κ1) is 15.9. The van der Waals surface area contributed by atoms with Crippen molar-refractivity contribution in [3.05, 3.63) is 0 Å². The van der Waals surface area contributed by atoms with Crippen molar-refractivity contribution in [2.24, 2.45) is 5.73 Å². The number of nitrogens with one attached hydrogen (secondary N) is 1. The molecule has 0 aromatic carbocycles. The normalized spacial score (nSPS) is 5.67. The second-order valence-corrected chi connectivity index (χ2v) is 1.08. The van der Waals surface area contributed by atoms with E-state index >= 15 is 0 Å². The molecule has 0 atom stereocenters. The van der Waals surface area contributed by atoms with Crippen LogP contribution in [-0.4, -0.2) is 19.5 Å². The van der Waals surface area contributed by atoms with Crippen LogP contribution < -0.4 is 11.1 Å². The van der Waals surface area contributed by atoms with Gasteiger partial charge in [0.1, 0.15) is 0 Å². The van der Waals surface area contributed by atoms with E-state index in [9.17, 15) is 4.79 Å². The van der Waals surface area contributed by atoms with Crippen LogP contribution >= 0.6 is 12.4 Å². The minimum absolute atomic E-state index is 0. The van der Waals surface area contributed by atoms with Crippen molar-refractivity contribution in [3.63, 3.8) is 0 Å². The van der Waals surface area contributed by atoms with E-state index in [4.69, 9.17) is 5.73 Å². The summed E-state index contributed by atoms with van der Waals surface area (Å²) in [6, 6.07) is 0. The standard InChI is InChI=1S/C3H7NO.C2H7N.ClH/c1-2-4-3-5;1-2-3;/h3H,2H2,1H3,(H,4,5);2-3H2,1H3;1H. The molecule has 58 valence electrons. The van der Waals surface area contributed by atoms with Gasteiger partial charge in [-0.1, -0.05) is 6.92 Å². The highest BCUT2D eigenvalue weighted by atomic mass is 35.5. The Morgan fingerprint density at radius 1 is 1.56 bits per heavy atom. The second kappa shape index (κ2) is 25.2. The number of halogens is 1. The fraction of sp³-hybridized carbons (Fsp3) is 0.800. The van der Waals surface area contributed by atoms with Gasteiger partial charge in [0.05, 0.1) is 0 Å². The Bertz CT molecular complexity index is 43.9. The van der Waals surface area contributed by atoms with Crippen LogP contribution in [0.4, 0.5) is 0 Å². The molecule has 0 bridgehead atoms. The predicted octanol–water partition coefficient (Wildman–Crippen LogP) is 0.139. The molecule has 0 saturated heterocycles. The average Bonchev–Trinajstić information content (AvgIpc) is 1.71. The fourth-order valence-electron chi connectivity index (χ4n) is 0.0833. The molecule has 0 unspecified atom stereocenters. The lowest BCUT2D eigenvalue weighted by Crippen LogP contribution is -2.07. The molecule has 9 heavy (non-hydrogen) atoms. The molecule has 0 aromatic heterocycles. The van der Waals surface area contributed by atoms with Crippen molar-refractivity contribution in [3.8, 4) is 0 Å². The second-order valence-electron chi connectivity index (χ2n) is 1.08. The van der Waals surface area contributed by atoms with Crippen LogP contribution in [0.2, 0.25) is 0 Å². The molecule has 0 rings (SSSR count). The molecular formula is C5H15ClN2O. The van der Waals surface area contributed by atoms with Crippen LogP contribution in [0.15, 0.2) is 0 Å². The molecule has 0 radical (unpaired) electrons. The van der Waals surface area contributed by atoms with Gasteiger partial charge in [-0.3, -0.25) is 4.79 Å². The zero-order valence-corrected chi connectivity index (χ0v) is 6.70. The van der Waals surface area contributed by atoms with Crippen LogP contribution in [0.25, 0.3) is 0 Å². The van der Waals surface area contributed by atoms with Crippen molar-refractivity contribution < 1.29 is 4.79 Å². The van der Waals surface area contributed by atoms with Gasteiger partial charge in [0, 0.05) is 6.54 Å². The third kappa shape index (κ3) is 85.4. The van der Waals surface area contributed by atoms with Gasteiger partial charge in [-0.2, -0.15) is 0 Å². The van der Waals surface area contributed by atoms with Gasteiger partial charge in [-0.05, 0) is 13.5 Å². The van der Waals surface area contributed by atoms with Crippen molar-refractivity contribution in [2.45, 2.75) is 13.8 Å². The first-order chi connectivity index (χ1) is 3.83. The highest BCUT2D eigenvalue weighted by molar-refractivity contribution is 5.85. The van der Waals surface area contributed by atoms with Crippen LogP contribution in [0.3, 0.4) is 0 Å². The summed E-state index contributed by atoms with van der Waals surface area (Å²) in [5.74, 6) is 0. The first-order valence-electron chi connectivity index (χ1n) is 2.70. The van der Waals surface area contributed by atoms with Crippen molar-refractivity contribution in [1.29, 1.82) is 0 Å². The molecular weight excluding hydrogens is 140 g/mol. The van der Waals surface area contributed by atoms with Gasteiger partial charge in [-0.15, -0.1) is 12.4 Å². The molecule has 3 nitrogen and oxygen atoms in total. The van der Waals surface area contributed by atoms with Crippen LogP contribution in [0.5, 0.6) is 0 Å². The highest BCUT2D eigenvalue weighted by Crippen LogP contribution is 1.37. The van der Waals surface area contributed by atoms with Gasteiger partial charge in [0.25, 0.3) is 0 Å². The van der Waals surface area contributed by atoms with E-state index in [0.717, 1.165) is 13.1 Å². The Morgan fingerprint density at radius 2 is 1.89 bits per heavy atom. The van der Waals surface area contributed by atoms with Crippen molar-refractivity contribution >= 4 is 18.8 Å². The van der Waals surface area contributed by atoms with Gasteiger partial charge < -0.3 is 11.1 Å². The van der Waals surface area contributed by atoms with Gasteiger partial charge in [0.15, 0.2) is 0 Å². The number of rotatable bonds is 2. The maximum absolute atomic E-state index is 9.29. The topological polar surface area (TPSA) is 55.1 Å². The lowest BCUT2D eigenvalue weighted by Gasteiger charge is -1.78. The molecule has 0 saturated carbocycles. The van der Waals surface area contributed by atoms with Crippen LogP contribution in [0, 0.1) is 0 Å². The maximum Gasteiger partial charge on any atom is 0.207 e. The summed E-state index contributed by atoms with van der Waals surface area (Å²) in [5, 5.41) is 2.43. The molecule has 4 heteroatoms.